The molecule has 114 valence electrons. The van der Waals surface area contributed by atoms with E-state index in [2.05, 4.69) is 0 Å². The van der Waals surface area contributed by atoms with Crippen LogP contribution in [-0.2, 0) is 0 Å². The van der Waals surface area contributed by atoms with Crippen molar-refractivity contribution >= 4 is 0 Å². The first-order valence-corrected chi connectivity index (χ1v) is 5.51. The number of ether oxygens (including phenoxy) is 3. The standard InChI is InChI=1S/C12H15F4NO3/c1-18-7-5-4-6(8(19-2)9(7)20-3)10(17)12(15,16)11(13)14/h4-5,10-11H,17H2,1-3H3. The first-order chi connectivity index (χ1) is 9.31. The van der Waals surface area contributed by atoms with Crippen LogP contribution in [0, 0.1) is 0 Å². The molecule has 0 heterocycles. The molecule has 1 atom stereocenters. The molecule has 0 saturated carbocycles. The summed E-state index contributed by atoms with van der Waals surface area (Å²) in [4.78, 5) is 0. The Morgan fingerprint density at radius 3 is 1.95 bits per heavy atom. The lowest BCUT2D eigenvalue weighted by Gasteiger charge is -2.25. The van der Waals surface area contributed by atoms with Crippen molar-refractivity contribution in [3.8, 4) is 17.2 Å². The zero-order valence-electron chi connectivity index (χ0n) is 11.1. The summed E-state index contributed by atoms with van der Waals surface area (Å²) in [7, 11) is 3.79. The van der Waals surface area contributed by atoms with Crippen LogP contribution >= 0.6 is 0 Å². The van der Waals surface area contributed by atoms with Crippen LogP contribution in [0.25, 0.3) is 0 Å². The smallest absolute Gasteiger partial charge is 0.326 e. The van der Waals surface area contributed by atoms with Gasteiger partial charge in [-0.15, -0.1) is 0 Å². The molecule has 1 unspecified atom stereocenters. The summed E-state index contributed by atoms with van der Waals surface area (Å²) < 4.78 is 66.4. The Labute approximate surface area is 113 Å². The molecule has 0 bridgehead atoms. The van der Waals surface area contributed by atoms with Gasteiger partial charge < -0.3 is 19.9 Å². The lowest BCUT2D eigenvalue weighted by molar-refractivity contribution is -0.144. The highest BCUT2D eigenvalue weighted by Crippen LogP contribution is 2.45. The molecule has 1 rings (SSSR count). The summed E-state index contributed by atoms with van der Waals surface area (Å²) in [6.07, 6.45) is -3.89. The van der Waals surface area contributed by atoms with Crippen molar-refractivity contribution in [3.63, 3.8) is 0 Å². The number of alkyl halides is 4. The summed E-state index contributed by atoms with van der Waals surface area (Å²) >= 11 is 0. The van der Waals surface area contributed by atoms with Crippen LogP contribution in [0.1, 0.15) is 11.6 Å². The number of rotatable bonds is 6. The van der Waals surface area contributed by atoms with Crippen molar-refractivity contribution in [1.29, 1.82) is 0 Å². The predicted octanol–water partition coefficient (Wildman–Crippen LogP) is 2.61. The molecule has 1 aromatic carbocycles. The monoisotopic (exact) mass is 297 g/mol. The second kappa shape index (κ2) is 6.17. The van der Waals surface area contributed by atoms with Crippen molar-refractivity contribution in [1.82, 2.24) is 0 Å². The number of hydrogen-bond acceptors (Lipinski definition) is 4. The molecular weight excluding hydrogens is 282 g/mol. The third-order valence-corrected chi connectivity index (χ3v) is 2.78. The Hall–Kier alpha value is -1.70. The fraction of sp³-hybridized carbons (Fsp3) is 0.500. The van der Waals surface area contributed by atoms with Crippen molar-refractivity contribution in [3.05, 3.63) is 17.7 Å². The molecular formula is C12H15F4NO3. The van der Waals surface area contributed by atoms with Gasteiger partial charge in [0.2, 0.25) is 5.75 Å². The average Bonchev–Trinajstić information content (AvgIpc) is 2.44. The van der Waals surface area contributed by atoms with Gasteiger partial charge in [0.25, 0.3) is 0 Å². The van der Waals surface area contributed by atoms with Crippen LogP contribution in [-0.4, -0.2) is 33.7 Å². The molecule has 0 fully saturated rings. The molecule has 0 spiro atoms. The quantitative estimate of drug-likeness (QED) is 0.820. The Bertz CT molecular complexity index is 468. The molecule has 0 aliphatic heterocycles. The van der Waals surface area contributed by atoms with E-state index in [4.69, 9.17) is 19.9 Å². The molecule has 1 aromatic rings. The normalized spacial score (nSPS) is 13.2. The Morgan fingerprint density at radius 2 is 1.55 bits per heavy atom. The van der Waals surface area contributed by atoms with Gasteiger partial charge in [-0.2, -0.15) is 8.78 Å². The molecule has 2 N–H and O–H groups in total. The van der Waals surface area contributed by atoms with Crippen LogP contribution in [0.15, 0.2) is 12.1 Å². The zero-order chi connectivity index (χ0) is 15.5. The number of hydrogen-bond donors (Lipinski definition) is 1. The highest BCUT2D eigenvalue weighted by atomic mass is 19.3. The maximum atomic E-state index is 13.4. The third-order valence-electron chi connectivity index (χ3n) is 2.78. The van der Waals surface area contributed by atoms with Gasteiger partial charge in [-0.05, 0) is 12.1 Å². The molecule has 4 nitrogen and oxygen atoms in total. The first kappa shape index (κ1) is 16.4. The Kier molecular flexibility index (Phi) is 5.04. The van der Waals surface area contributed by atoms with Crippen LogP contribution in [0.5, 0.6) is 17.2 Å². The Balaban J connectivity index is 3.39. The summed E-state index contributed by atoms with van der Waals surface area (Å²) in [6.45, 7) is 0. The van der Waals surface area contributed by atoms with E-state index in [0.717, 1.165) is 6.07 Å². The molecule has 8 heteroatoms. The van der Waals surface area contributed by atoms with E-state index in [1.54, 1.807) is 0 Å². The molecule has 0 saturated heterocycles. The molecule has 0 aliphatic carbocycles. The minimum Gasteiger partial charge on any atom is -0.493 e. The van der Waals surface area contributed by atoms with E-state index in [-0.39, 0.29) is 22.8 Å². The average molecular weight is 297 g/mol. The minimum atomic E-state index is -4.40. The zero-order valence-corrected chi connectivity index (χ0v) is 11.1. The minimum absolute atomic E-state index is 0.00742. The molecule has 0 aromatic heterocycles. The van der Waals surface area contributed by atoms with Crippen LogP contribution in [0.4, 0.5) is 17.6 Å². The molecule has 0 radical (unpaired) electrons. The van der Waals surface area contributed by atoms with E-state index in [9.17, 15) is 17.6 Å². The van der Waals surface area contributed by atoms with Gasteiger partial charge in [-0.1, -0.05) is 0 Å². The first-order valence-electron chi connectivity index (χ1n) is 5.51. The van der Waals surface area contributed by atoms with E-state index >= 15 is 0 Å². The van der Waals surface area contributed by atoms with E-state index in [1.165, 1.54) is 27.4 Å². The van der Waals surface area contributed by atoms with Gasteiger partial charge >= 0.3 is 12.3 Å². The summed E-state index contributed by atoms with van der Waals surface area (Å²) in [5.74, 6) is -4.35. The fourth-order valence-electron chi connectivity index (χ4n) is 1.71. The fourth-order valence-corrected chi connectivity index (χ4v) is 1.71. The number of nitrogens with two attached hydrogens (primary N) is 1. The SMILES string of the molecule is COc1ccc(C(N)C(F)(F)C(F)F)c(OC)c1OC. The molecule has 0 amide bonds. The maximum absolute atomic E-state index is 13.4. The van der Waals surface area contributed by atoms with Gasteiger partial charge in [0.05, 0.1) is 21.3 Å². The lowest BCUT2D eigenvalue weighted by Crippen LogP contribution is -2.39. The van der Waals surface area contributed by atoms with Gasteiger partial charge in [-0.3, -0.25) is 0 Å². The van der Waals surface area contributed by atoms with Gasteiger partial charge in [0, 0.05) is 5.56 Å². The maximum Gasteiger partial charge on any atom is 0.326 e. The summed E-state index contributed by atoms with van der Waals surface area (Å²) in [5, 5.41) is 0. The van der Waals surface area contributed by atoms with Crippen LogP contribution in [0.2, 0.25) is 0 Å². The van der Waals surface area contributed by atoms with Crippen LogP contribution in [0.3, 0.4) is 0 Å². The van der Waals surface area contributed by atoms with Gasteiger partial charge in [-0.25, -0.2) is 8.78 Å². The Morgan fingerprint density at radius 1 is 1.00 bits per heavy atom. The van der Waals surface area contributed by atoms with Crippen molar-refractivity contribution in [2.75, 3.05) is 21.3 Å². The summed E-state index contributed by atoms with van der Waals surface area (Å²) in [6, 6.07) is 0.191. The van der Waals surface area contributed by atoms with Crippen molar-refractivity contribution in [2.24, 2.45) is 5.73 Å². The van der Waals surface area contributed by atoms with Crippen LogP contribution < -0.4 is 19.9 Å². The highest BCUT2D eigenvalue weighted by Gasteiger charge is 2.49. The molecule has 0 aliphatic rings. The van der Waals surface area contributed by atoms with E-state index < -0.39 is 18.4 Å². The van der Waals surface area contributed by atoms with E-state index in [1.807, 2.05) is 0 Å². The van der Waals surface area contributed by atoms with Gasteiger partial charge in [0.1, 0.15) is 6.04 Å². The van der Waals surface area contributed by atoms with E-state index in [0.29, 0.717) is 0 Å². The highest BCUT2D eigenvalue weighted by molar-refractivity contribution is 5.57. The predicted molar refractivity (Wildman–Crippen MR) is 64.0 cm³/mol. The number of benzene rings is 1. The lowest BCUT2D eigenvalue weighted by atomic mass is 9.99. The van der Waals surface area contributed by atoms with Crippen molar-refractivity contribution in [2.45, 2.75) is 18.4 Å². The third kappa shape index (κ3) is 2.74. The largest absolute Gasteiger partial charge is 0.493 e. The second-order valence-electron chi connectivity index (χ2n) is 3.88. The van der Waals surface area contributed by atoms with Crippen molar-refractivity contribution < 1.29 is 31.8 Å². The second-order valence-corrected chi connectivity index (χ2v) is 3.88. The number of halogens is 4. The van der Waals surface area contributed by atoms with Gasteiger partial charge in [0.15, 0.2) is 11.5 Å². The summed E-state index contributed by atoms with van der Waals surface area (Å²) in [5.41, 5.74) is 4.96. The topological polar surface area (TPSA) is 53.7 Å². The number of methoxy groups -OCH3 is 3. The molecule has 20 heavy (non-hydrogen) atoms.